The van der Waals surface area contributed by atoms with Crippen molar-refractivity contribution in [2.75, 3.05) is 33.4 Å². The first kappa shape index (κ1) is 11.5. The van der Waals surface area contributed by atoms with E-state index in [-0.39, 0.29) is 30.8 Å². The summed E-state index contributed by atoms with van der Waals surface area (Å²) in [6, 6.07) is 2.18. The van der Waals surface area contributed by atoms with Gasteiger partial charge in [-0.05, 0) is 6.42 Å². The Labute approximate surface area is 94.6 Å². The summed E-state index contributed by atoms with van der Waals surface area (Å²) >= 11 is 0. The van der Waals surface area contributed by atoms with Crippen LogP contribution in [0, 0.1) is 23.2 Å². The minimum absolute atomic E-state index is 0.0269. The van der Waals surface area contributed by atoms with E-state index in [9.17, 15) is 9.90 Å². The summed E-state index contributed by atoms with van der Waals surface area (Å²) in [6.07, 6.45) is 0.725. The number of hydrogen-bond acceptors (Lipinski definition) is 5. The lowest BCUT2D eigenvalue weighted by molar-refractivity contribution is -0.161. The predicted molar refractivity (Wildman–Crippen MR) is 55.5 cm³/mol. The highest BCUT2D eigenvalue weighted by Crippen LogP contribution is 2.39. The number of aliphatic hydroxyl groups is 1. The third kappa shape index (κ3) is 1.38. The smallest absolute Gasteiger partial charge is 0.162 e. The van der Waals surface area contributed by atoms with Gasteiger partial charge in [0.1, 0.15) is 5.54 Å². The Balaban J connectivity index is 2.31. The fourth-order valence-corrected chi connectivity index (χ4v) is 2.91. The Hall–Kier alpha value is -0.960. The fraction of sp³-hybridized carbons (Fsp3) is 0.818. The van der Waals surface area contributed by atoms with Gasteiger partial charge in [-0.1, -0.05) is 0 Å². The van der Waals surface area contributed by atoms with E-state index in [1.54, 1.807) is 0 Å². The molecule has 0 radical (unpaired) electrons. The van der Waals surface area contributed by atoms with Gasteiger partial charge in [0.25, 0.3) is 0 Å². The first-order valence-corrected chi connectivity index (χ1v) is 5.48. The van der Waals surface area contributed by atoms with Gasteiger partial charge in [-0.2, -0.15) is 5.26 Å². The quantitative estimate of drug-likeness (QED) is 0.693. The molecule has 4 unspecified atom stereocenters. The lowest BCUT2D eigenvalue weighted by Gasteiger charge is -2.53. The average molecular weight is 224 g/mol. The molecule has 16 heavy (non-hydrogen) atoms. The molecule has 88 valence electrons. The summed E-state index contributed by atoms with van der Waals surface area (Å²) in [5, 5.41) is 18.5. The first-order valence-electron chi connectivity index (χ1n) is 5.48. The Morgan fingerprint density at radius 3 is 3.00 bits per heavy atom. The van der Waals surface area contributed by atoms with Crippen LogP contribution in [0.2, 0.25) is 0 Å². The van der Waals surface area contributed by atoms with Crippen LogP contribution in [0.15, 0.2) is 0 Å². The van der Waals surface area contributed by atoms with Crippen molar-refractivity contribution in [2.24, 2.45) is 11.8 Å². The SMILES string of the molecule is COCC1(CO)C(=O)C2CCN1CC2C#N. The average Bonchev–Trinajstić information content (AvgIpc) is 2.33. The molecule has 0 amide bonds. The molecule has 3 saturated heterocycles. The normalized spacial score (nSPS) is 42.1. The zero-order valence-electron chi connectivity index (χ0n) is 9.35. The molecule has 5 nitrogen and oxygen atoms in total. The number of nitriles is 1. The van der Waals surface area contributed by atoms with Crippen LogP contribution in [0.5, 0.6) is 0 Å². The molecule has 3 aliphatic heterocycles. The second-order valence-electron chi connectivity index (χ2n) is 4.56. The molecule has 0 saturated carbocycles. The number of piperidine rings is 3. The molecular formula is C11H16N2O3. The second-order valence-corrected chi connectivity index (χ2v) is 4.56. The van der Waals surface area contributed by atoms with E-state index in [2.05, 4.69) is 6.07 Å². The number of methoxy groups -OCH3 is 1. The van der Waals surface area contributed by atoms with Crippen molar-refractivity contribution in [1.29, 1.82) is 5.26 Å². The number of fused-ring (bicyclic) bond motifs is 3. The predicted octanol–water partition coefficient (Wildman–Crippen LogP) is -0.592. The van der Waals surface area contributed by atoms with Crippen LogP contribution in [0.25, 0.3) is 0 Å². The van der Waals surface area contributed by atoms with Crippen molar-refractivity contribution >= 4 is 5.78 Å². The molecule has 0 spiro atoms. The number of ether oxygens (including phenoxy) is 1. The molecule has 5 heteroatoms. The molecule has 0 aromatic heterocycles. The van der Waals surface area contributed by atoms with Gasteiger partial charge in [0, 0.05) is 26.1 Å². The molecule has 2 bridgehead atoms. The standard InChI is InChI=1S/C11H16N2O3/c1-16-7-11(6-14)10(15)9-2-3-13(11)5-8(9)4-12/h8-9,14H,2-3,5-7H2,1H3. The largest absolute Gasteiger partial charge is 0.394 e. The number of rotatable bonds is 3. The van der Waals surface area contributed by atoms with Crippen LogP contribution >= 0.6 is 0 Å². The highest BCUT2D eigenvalue weighted by Gasteiger charge is 2.56. The van der Waals surface area contributed by atoms with Crippen LogP contribution < -0.4 is 0 Å². The maximum absolute atomic E-state index is 12.3. The molecular weight excluding hydrogens is 208 g/mol. The van der Waals surface area contributed by atoms with Crippen molar-refractivity contribution in [3.05, 3.63) is 0 Å². The number of aliphatic hydroxyl groups excluding tert-OH is 1. The van der Waals surface area contributed by atoms with E-state index in [0.29, 0.717) is 6.54 Å². The number of Topliss-reactive ketones (excluding diaryl/α,β-unsaturated/α-hetero) is 1. The molecule has 0 aromatic rings. The zero-order valence-corrected chi connectivity index (χ0v) is 9.35. The van der Waals surface area contributed by atoms with Gasteiger partial charge in [-0.15, -0.1) is 0 Å². The molecule has 0 aromatic carbocycles. The number of hydrogen-bond donors (Lipinski definition) is 1. The van der Waals surface area contributed by atoms with Gasteiger partial charge in [0.15, 0.2) is 5.78 Å². The third-order valence-electron chi connectivity index (χ3n) is 3.82. The summed E-state index contributed by atoms with van der Waals surface area (Å²) < 4.78 is 5.06. The summed E-state index contributed by atoms with van der Waals surface area (Å²) in [7, 11) is 1.52. The maximum Gasteiger partial charge on any atom is 0.162 e. The minimum atomic E-state index is -0.898. The minimum Gasteiger partial charge on any atom is -0.394 e. The van der Waals surface area contributed by atoms with E-state index < -0.39 is 5.54 Å². The summed E-state index contributed by atoms with van der Waals surface area (Å²) in [6.45, 7) is 1.31. The molecule has 3 heterocycles. The van der Waals surface area contributed by atoms with Gasteiger partial charge in [0.2, 0.25) is 0 Å². The molecule has 0 aliphatic carbocycles. The van der Waals surface area contributed by atoms with E-state index in [1.165, 1.54) is 7.11 Å². The summed E-state index contributed by atoms with van der Waals surface area (Å²) in [5.74, 6) is -0.476. The second kappa shape index (κ2) is 4.13. The van der Waals surface area contributed by atoms with Crippen molar-refractivity contribution < 1.29 is 14.6 Å². The molecule has 3 aliphatic rings. The summed E-state index contributed by atoms with van der Waals surface area (Å²) in [5.41, 5.74) is -0.898. The van der Waals surface area contributed by atoms with Gasteiger partial charge in [-0.3, -0.25) is 9.69 Å². The van der Waals surface area contributed by atoms with Crippen LogP contribution in [0.3, 0.4) is 0 Å². The van der Waals surface area contributed by atoms with E-state index in [0.717, 1.165) is 13.0 Å². The Morgan fingerprint density at radius 2 is 2.50 bits per heavy atom. The molecule has 3 fully saturated rings. The van der Waals surface area contributed by atoms with Crippen LogP contribution in [0.4, 0.5) is 0 Å². The Kier molecular flexibility index (Phi) is 2.98. The topological polar surface area (TPSA) is 73.6 Å². The Morgan fingerprint density at radius 1 is 1.75 bits per heavy atom. The van der Waals surface area contributed by atoms with Gasteiger partial charge in [-0.25, -0.2) is 0 Å². The van der Waals surface area contributed by atoms with Crippen molar-refractivity contribution in [3.8, 4) is 6.07 Å². The van der Waals surface area contributed by atoms with Crippen LogP contribution in [-0.2, 0) is 9.53 Å². The van der Waals surface area contributed by atoms with Gasteiger partial charge >= 0.3 is 0 Å². The van der Waals surface area contributed by atoms with Crippen molar-refractivity contribution in [2.45, 2.75) is 12.0 Å². The number of nitrogens with zero attached hydrogens (tertiary/aromatic N) is 2. The highest BCUT2D eigenvalue weighted by molar-refractivity contribution is 5.93. The number of carbonyl (C=O) groups excluding carboxylic acids is 1. The van der Waals surface area contributed by atoms with Gasteiger partial charge in [0.05, 0.1) is 25.2 Å². The van der Waals surface area contributed by atoms with Crippen molar-refractivity contribution in [3.63, 3.8) is 0 Å². The summed E-state index contributed by atoms with van der Waals surface area (Å²) in [4.78, 5) is 14.2. The van der Waals surface area contributed by atoms with Crippen molar-refractivity contribution in [1.82, 2.24) is 4.90 Å². The first-order chi connectivity index (χ1) is 7.69. The lowest BCUT2D eigenvalue weighted by Crippen LogP contribution is -2.71. The van der Waals surface area contributed by atoms with Crippen LogP contribution in [0.1, 0.15) is 6.42 Å². The molecule has 3 rings (SSSR count). The molecule has 1 N–H and O–H groups in total. The zero-order chi connectivity index (χ0) is 11.8. The van der Waals surface area contributed by atoms with Crippen LogP contribution in [-0.4, -0.2) is 54.7 Å². The molecule has 4 atom stereocenters. The van der Waals surface area contributed by atoms with E-state index in [4.69, 9.17) is 10.00 Å². The van der Waals surface area contributed by atoms with E-state index in [1.807, 2.05) is 4.90 Å². The number of ketones is 1. The van der Waals surface area contributed by atoms with Gasteiger partial charge < -0.3 is 9.84 Å². The van der Waals surface area contributed by atoms with E-state index >= 15 is 0 Å². The third-order valence-corrected chi connectivity index (χ3v) is 3.82. The fourth-order valence-electron chi connectivity index (χ4n) is 2.91. The maximum atomic E-state index is 12.3. The monoisotopic (exact) mass is 224 g/mol. The highest BCUT2D eigenvalue weighted by atomic mass is 16.5. The number of carbonyl (C=O) groups is 1. The Bertz CT molecular complexity index is 339. The lowest BCUT2D eigenvalue weighted by atomic mass is 9.69.